The highest BCUT2D eigenvalue weighted by Crippen LogP contribution is 2.34. The van der Waals surface area contributed by atoms with E-state index in [-0.39, 0.29) is 17.4 Å². The molecule has 2 aromatic carbocycles. The first-order chi connectivity index (χ1) is 20.5. The lowest BCUT2D eigenvalue weighted by Crippen LogP contribution is -2.54. The monoisotopic (exact) mass is 619 g/mol. The van der Waals surface area contributed by atoms with Crippen LogP contribution in [0.1, 0.15) is 56.1 Å². The van der Waals surface area contributed by atoms with Crippen molar-refractivity contribution in [2.75, 3.05) is 24.5 Å². The first kappa shape index (κ1) is 32.8. The third kappa shape index (κ3) is 6.67. The molecular weight excluding hydrogens is 582 g/mol. The van der Waals surface area contributed by atoms with Crippen molar-refractivity contribution >= 4 is 11.8 Å². The van der Waals surface area contributed by atoms with E-state index in [0.717, 1.165) is 32.2 Å². The molecule has 1 aliphatic rings. The number of nitrogens with one attached hydrogen (secondary N) is 1. The summed E-state index contributed by atoms with van der Waals surface area (Å²) in [6, 6.07) is 10.0. The Morgan fingerprint density at radius 2 is 1.73 bits per heavy atom. The molecule has 1 fully saturated rings. The highest BCUT2D eigenvalue weighted by atomic mass is 19.4. The molecule has 1 amide bonds. The molecule has 13 heteroatoms. The Labute approximate surface area is 252 Å². The molecule has 3 aromatic rings. The Bertz CT molecular complexity index is 1630. The Balaban J connectivity index is 2.00. The average molecular weight is 620 g/mol. The number of aromatic nitrogens is 2. The fourth-order valence-corrected chi connectivity index (χ4v) is 5.85. The molecule has 0 saturated carbocycles. The SMILES string of the molecule is Cc1c(N2CCN[C@H](C)C2)c(=O)n(C[C@@H](c2ccccc2)N(C(=O)O)C(C)(C)C)c(=O)n1Cc1c(F)cccc1C(F)(F)F. The summed E-state index contributed by atoms with van der Waals surface area (Å²) >= 11 is 0. The molecule has 0 aliphatic carbocycles. The maximum absolute atomic E-state index is 15.0. The van der Waals surface area contributed by atoms with Crippen LogP contribution in [-0.4, -0.2) is 56.4 Å². The lowest BCUT2D eigenvalue weighted by Gasteiger charge is -2.40. The summed E-state index contributed by atoms with van der Waals surface area (Å²) in [4.78, 5) is 43.8. The fraction of sp³-hybridized carbons (Fsp3) is 0.452. The van der Waals surface area contributed by atoms with Gasteiger partial charge in [-0.25, -0.2) is 14.0 Å². The maximum Gasteiger partial charge on any atom is 0.416 e. The number of benzene rings is 2. The van der Waals surface area contributed by atoms with E-state index in [0.29, 0.717) is 25.2 Å². The predicted octanol–water partition coefficient (Wildman–Crippen LogP) is 4.84. The van der Waals surface area contributed by atoms with Crippen LogP contribution in [-0.2, 0) is 19.3 Å². The van der Waals surface area contributed by atoms with Crippen LogP contribution in [0.4, 0.5) is 28.0 Å². The van der Waals surface area contributed by atoms with Crippen LogP contribution in [0.3, 0.4) is 0 Å². The molecule has 2 heterocycles. The lowest BCUT2D eigenvalue weighted by atomic mass is 9.98. The normalized spacial score (nSPS) is 16.6. The smallest absolute Gasteiger partial charge is 0.416 e. The molecule has 0 spiro atoms. The molecule has 44 heavy (non-hydrogen) atoms. The van der Waals surface area contributed by atoms with Crippen LogP contribution in [0.5, 0.6) is 0 Å². The molecule has 1 aromatic heterocycles. The van der Waals surface area contributed by atoms with Crippen LogP contribution in [0.25, 0.3) is 0 Å². The first-order valence-corrected chi connectivity index (χ1v) is 14.3. The molecule has 1 aliphatic heterocycles. The summed E-state index contributed by atoms with van der Waals surface area (Å²) in [6.45, 7) is 8.43. The molecule has 2 atom stereocenters. The number of piperazine rings is 1. The second-order valence-electron chi connectivity index (χ2n) is 12.0. The van der Waals surface area contributed by atoms with Crippen molar-refractivity contribution in [3.05, 3.63) is 97.6 Å². The van der Waals surface area contributed by atoms with E-state index < -0.39 is 65.1 Å². The van der Waals surface area contributed by atoms with Crippen molar-refractivity contribution in [2.24, 2.45) is 0 Å². The highest BCUT2D eigenvalue weighted by Gasteiger charge is 2.37. The van der Waals surface area contributed by atoms with E-state index in [1.54, 1.807) is 56.0 Å². The van der Waals surface area contributed by atoms with Gasteiger partial charge in [-0.3, -0.25) is 18.8 Å². The van der Waals surface area contributed by atoms with Crippen LogP contribution in [0.2, 0.25) is 0 Å². The van der Waals surface area contributed by atoms with Gasteiger partial charge in [-0.1, -0.05) is 36.4 Å². The van der Waals surface area contributed by atoms with Gasteiger partial charge in [0.05, 0.1) is 24.7 Å². The van der Waals surface area contributed by atoms with Crippen LogP contribution >= 0.6 is 0 Å². The average Bonchev–Trinajstić information content (AvgIpc) is 2.92. The van der Waals surface area contributed by atoms with E-state index in [1.807, 2.05) is 6.92 Å². The van der Waals surface area contributed by atoms with Crippen LogP contribution < -0.4 is 21.5 Å². The summed E-state index contributed by atoms with van der Waals surface area (Å²) in [7, 11) is 0. The second kappa shape index (κ2) is 12.5. The van der Waals surface area contributed by atoms with Crippen molar-refractivity contribution in [1.82, 2.24) is 19.4 Å². The number of rotatable bonds is 7. The van der Waals surface area contributed by atoms with Crippen molar-refractivity contribution < 1.29 is 27.5 Å². The number of hydrogen-bond acceptors (Lipinski definition) is 5. The predicted molar refractivity (Wildman–Crippen MR) is 159 cm³/mol. The minimum absolute atomic E-state index is 0.0414. The topological polar surface area (TPSA) is 99.8 Å². The summed E-state index contributed by atoms with van der Waals surface area (Å²) < 4.78 is 58.7. The molecule has 0 unspecified atom stereocenters. The molecule has 9 nitrogen and oxygen atoms in total. The number of carbonyl (C=O) groups is 1. The number of nitrogens with zero attached hydrogens (tertiary/aromatic N) is 4. The van der Waals surface area contributed by atoms with Gasteiger partial charge in [0.25, 0.3) is 5.56 Å². The van der Waals surface area contributed by atoms with Gasteiger partial charge < -0.3 is 15.3 Å². The number of amides is 1. The van der Waals surface area contributed by atoms with E-state index in [1.165, 1.54) is 6.92 Å². The van der Waals surface area contributed by atoms with Crippen molar-refractivity contribution in [3.8, 4) is 0 Å². The van der Waals surface area contributed by atoms with Crippen molar-refractivity contribution in [3.63, 3.8) is 0 Å². The Morgan fingerprint density at radius 1 is 1.07 bits per heavy atom. The van der Waals surface area contributed by atoms with Gasteiger partial charge in [0, 0.05) is 42.5 Å². The third-order valence-corrected chi connectivity index (χ3v) is 7.86. The largest absolute Gasteiger partial charge is 0.465 e. The quantitative estimate of drug-likeness (QED) is 0.368. The van der Waals surface area contributed by atoms with Gasteiger partial charge >= 0.3 is 18.0 Å². The zero-order valence-electron chi connectivity index (χ0n) is 25.3. The molecule has 0 bridgehead atoms. The maximum atomic E-state index is 15.0. The summed E-state index contributed by atoms with van der Waals surface area (Å²) in [6.07, 6.45) is -6.18. The van der Waals surface area contributed by atoms with Crippen molar-refractivity contribution in [1.29, 1.82) is 0 Å². The van der Waals surface area contributed by atoms with Crippen LogP contribution in [0, 0.1) is 12.7 Å². The van der Waals surface area contributed by atoms with Gasteiger partial charge in [0.1, 0.15) is 11.5 Å². The third-order valence-electron chi connectivity index (χ3n) is 7.86. The van der Waals surface area contributed by atoms with E-state index in [9.17, 15) is 37.1 Å². The molecule has 1 saturated heterocycles. The minimum atomic E-state index is -4.90. The number of hydrogen-bond donors (Lipinski definition) is 2. The molecular formula is C31H37F4N5O4. The van der Waals surface area contributed by atoms with Gasteiger partial charge in [-0.2, -0.15) is 13.2 Å². The zero-order valence-corrected chi connectivity index (χ0v) is 25.3. The van der Waals surface area contributed by atoms with E-state index >= 15 is 0 Å². The number of anilines is 1. The standard InChI is InChI=1S/C31H37F4N5O4/c1-19-16-37(15-14-36-19)26-20(2)38(17-22-23(31(33,34)35)12-9-13-24(22)32)28(42)39(27(26)41)18-25(21-10-7-6-8-11-21)40(29(43)44)30(3,4)5/h6-13,19,25,36H,14-18H2,1-5H3,(H,43,44)/t19-,25+/m1/s1. The summed E-state index contributed by atoms with van der Waals surface area (Å²) in [5.41, 5.74) is -3.93. The number of carboxylic acid groups (broad SMARTS) is 1. The Kier molecular flexibility index (Phi) is 9.29. The number of halogens is 4. The Hall–Kier alpha value is -4.13. The number of alkyl halides is 3. The fourth-order valence-electron chi connectivity index (χ4n) is 5.85. The first-order valence-electron chi connectivity index (χ1n) is 14.3. The second-order valence-corrected chi connectivity index (χ2v) is 12.0. The highest BCUT2D eigenvalue weighted by molar-refractivity contribution is 5.67. The van der Waals surface area contributed by atoms with Crippen LogP contribution in [0.15, 0.2) is 58.1 Å². The zero-order chi connectivity index (χ0) is 32.6. The van der Waals surface area contributed by atoms with E-state index in [2.05, 4.69) is 5.32 Å². The minimum Gasteiger partial charge on any atom is -0.465 e. The molecule has 0 radical (unpaired) electrons. The van der Waals surface area contributed by atoms with Crippen molar-refractivity contribution in [2.45, 2.75) is 71.5 Å². The molecule has 238 valence electrons. The van der Waals surface area contributed by atoms with Gasteiger partial charge in [-0.15, -0.1) is 0 Å². The van der Waals surface area contributed by atoms with Gasteiger partial charge in [0.15, 0.2) is 0 Å². The van der Waals surface area contributed by atoms with Gasteiger partial charge in [0.2, 0.25) is 0 Å². The molecule has 2 N–H and O–H groups in total. The van der Waals surface area contributed by atoms with E-state index in [4.69, 9.17) is 0 Å². The summed E-state index contributed by atoms with van der Waals surface area (Å²) in [5.74, 6) is -1.15. The Morgan fingerprint density at radius 3 is 2.30 bits per heavy atom. The molecule has 4 rings (SSSR count). The summed E-state index contributed by atoms with van der Waals surface area (Å²) in [5, 5.41) is 13.5. The lowest BCUT2D eigenvalue weighted by molar-refractivity contribution is -0.138. The van der Waals surface area contributed by atoms with Gasteiger partial charge in [-0.05, 0) is 52.3 Å².